The standard InChI is InChI=1S/C22H27F3N2O3S/c1-15(16-9-11-17(12-10-16)21(2,3)4)26-20(28)14-27(31(5,29)30)19-8-6-7-18(13-19)22(23,24)25/h6-13,15H,14H2,1-5H3,(H,26,28)/t15-/m1/s1. The van der Waals surface area contributed by atoms with Gasteiger partial charge in [-0.15, -0.1) is 0 Å². The summed E-state index contributed by atoms with van der Waals surface area (Å²) in [5.41, 5.74) is 0.710. The van der Waals surface area contributed by atoms with Gasteiger partial charge in [0.25, 0.3) is 0 Å². The van der Waals surface area contributed by atoms with Gasteiger partial charge in [0, 0.05) is 0 Å². The SMILES string of the molecule is C[C@@H](NC(=O)CN(c1cccc(C(F)(F)F)c1)S(C)(=O)=O)c1ccc(C(C)(C)C)cc1. The number of amides is 1. The van der Waals surface area contributed by atoms with Gasteiger partial charge in [0.1, 0.15) is 6.54 Å². The molecule has 0 aliphatic rings. The lowest BCUT2D eigenvalue weighted by Gasteiger charge is -2.24. The molecule has 1 amide bonds. The topological polar surface area (TPSA) is 66.5 Å². The minimum atomic E-state index is -4.63. The number of halogens is 3. The number of nitrogens with one attached hydrogen (secondary N) is 1. The van der Waals surface area contributed by atoms with E-state index in [1.54, 1.807) is 6.92 Å². The first-order chi connectivity index (χ1) is 14.1. The molecule has 0 aromatic heterocycles. The number of alkyl halides is 3. The Labute approximate surface area is 181 Å². The van der Waals surface area contributed by atoms with Crippen molar-refractivity contribution in [3.8, 4) is 0 Å². The molecule has 0 unspecified atom stereocenters. The van der Waals surface area contributed by atoms with E-state index in [0.29, 0.717) is 10.4 Å². The predicted octanol–water partition coefficient (Wildman–Crippen LogP) is 4.65. The van der Waals surface area contributed by atoms with Gasteiger partial charge in [0.05, 0.1) is 23.5 Å². The molecule has 0 aliphatic carbocycles. The summed E-state index contributed by atoms with van der Waals surface area (Å²) in [4.78, 5) is 12.5. The quantitative estimate of drug-likeness (QED) is 0.688. The lowest BCUT2D eigenvalue weighted by molar-refractivity contribution is -0.137. The Morgan fingerprint density at radius 1 is 1.03 bits per heavy atom. The molecule has 2 aromatic carbocycles. The first kappa shape index (κ1) is 24.7. The Bertz CT molecular complexity index is 1030. The molecule has 170 valence electrons. The molecular formula is C22H27F3N2O3S. The minimum absolute atomic E-state index is 0.0219. The summed E-state index contributed by atoms with van der Waals surface area (Å²) < 4.78 is 64.0. The first-order valence-corrected chi connectivity index (χ1v) is 11.5. The van der Waals surface area contributed by atoms with Crippen LogP contribution in [0, 0.1) is 0 Å². The van der Waals surface area contributed by atoms with Crippen molar-refractivity contribution in [1.82, 2.24) is 5.32 Å². The summed E-state index contributed by atoms with van der Waals surface area (Å²) in [6, 6.07) is 11.2. The lowest BCUT2D eigenvalue weighted by atomic mass is 9.86. The summed E-state index contributed by atoms with van der Waals surface area (Å²) >= 11 is 0. The molecule has 31 heavy (non-hydrogen) atoms. The van der Waals surface area contributed by atoms with Gasteiger partial charge in [-0.25, -0.2) is 8.42 Å². The Morgan fingerprint density at radius 2 is 1.61 bits per heavy atom. The number of sulfonamides is 1. The van der Waals surface area contributed by atoms with Crippen LogP contribution in [0.4, 0.5) is 18.9 Å². The van der Waals surface area contributed by atoms with Gasteiger partial charge in [-0.2, -0.15) is 13.2 Å². The number of carbonyl (C=O) groups is 1. The van der Waals surface area contributed by atoms with Gasteiger partial charge in [-0.3, -0.25) is 9.10 Å². The highest BCUT2D eigenvalue weighted by atomic mass is 32.2. The van der Waals surface area contributed by atoms with Gasteiger partial charge >= 0.3 is 6.18 Å². The molecule has 9 heteroatoms. The zero-order valence-corrected chi connectivity index (χ0v) is 18.9. The number of anilines is 1. The van der Waals surface area contributed by atoms with Crippen molar-refractivity contribution >= 4 is 21.6 Å². The largest absolute Gasteiger partial charge is 0.416 e. The van der Waals surface area contributed by atoms with Crippen LogP contribution in [0.2, 0.25) is 0 Å². The van der Waals surface area contributed by atoms with Crippen molar-refractivity contribution in [2.75, 3.05) is 17.1 Å². The number of nitrogens with zero attached hydrogens (tertiary/aromatic N) is 1. The van der Waals surface area contributed by atoms with Gasteiger partial charge in [0.15, 0.2) is 0 Å². The van der Waals surface area contributed by atoms with Crippen LogP contribution in [-0.4, -0.2) is 27.1 Å². The lowest BCUT2D eigenvalue weighted by Crippen LogP contribution is -2.41. The third-order valence-electron chi connectivity index (χ3n) is 4.80. The second kappa shape index (κ2) is 8.90. The minimum Gasteiger partial charge on any atom is -0.348 e. The maximum atomic E-state index is 13.0. The molecule has 5 nitrogen and oxygen atoms in total. The fraction of sp³-hybridized carbons (Fsp3) is 0.409. The van der Waals surface area contributed by atoms with Crippen LogP contribution >= 0.6 is 0 Å². The second-order valence-electron chi connectivity index (χ2n) is 8.48. The van der Waals surface area contributed by atoms with Crippen molar-refractivity contribution in [3.05, 3.63) is 65.2 Å². The van der Waals surface area contributed by atoms with Gasteiger partial charge in [-0.05, 0) is 41.7 Å². The average molecular weight is 457 g/mol. The summed E-state index contributed by atoms with van der Waals surface area (Å²) in [6.07, 6.45) is -3.79. The van der Waals surface area contributed by atoms with E-state index < -0.39 is 40.3 Å². The normalized spacial score (nSPS) is 13.5. The maximum absolute atomic E-state index is 13.0. The Morgan fingerprint density at radius 3 is 2.10 bits per heavy atom. The number of carbonyl (C=O) groups excluding carboxylic acids is 1. The summed E-state index contributed by atoms with van der Waals surface area (Å²) in [7, 11) is -3.99. The third kappa shape index (κ3) is 6.72. The zero-order chi connectivity index (χ0) is 23.6. The fourth-order valence-corrected chi connectivity index (χ4v) is 3.86. The first-order valence-electron chi connectivity index (χ1n) is 9.64. The van der Waals surface area contributed by atoms with Crippen LogP contribution in [0.15, 0.2) is 48.5 Å². The number of benzene rings is 2. The van der Waals surface area contributed by atoms with Crippen LogP contribution in [0.3, 0.4) is 0 Å². The molecule has 2 rings (SSSR count). The van der Waals surface area contributed by atoms with Gasteiger partial charge in [0.2, 0.25) is 15.9 Å². The van der Waals surface area contributed by atoms with E-state index in [9.17, 15) is 26.4 Å². The Balaban J connectivity index is 2.19. The molecule has 0 heterocycles. The van der Waals surface area contributed by atoms with E-state index in [-0.39, 0.29) is 11.1 Å². The number of hydrogen-bond acceptors (Lipinski definition) is 3. The average Bonchev–Trinajstić information content (AvgIpc) is 2.64. The Kier molecular flexibility index (Phi) is 7.10. The van der Waals surface area contributed by atoms with E-state index in [4.69, 9.17) is 0 Å². The summed E-state index contributed by atoms with van der Waals surface area (Å²) in [6.45, 7) is 7.37. The molecule has 0 saturated heterocycles. The van der Waals surface area contributed by atoms with Crippen molar-refractivity contribution in [2.45, 2.75) is 45.3 Å². The van der Waals surface area contributed by atoms with Crippen LogP contribution in [-0.2, 0) is 26.4 Å². The molecule has 1 N–H and O–H groups in total. The number of rotatable bonds is 6. The molecule has 0 fully saturated rings. The van der Waals surface area contributed by atoms with Crippen molar-refractivity contribution < 1.29 is 26.4 Å². The highest BCUT2D eigenvalue weighted by Gasteiger charge is 2.32. The van der Waals surface area contributed by atoms with E-state index in [1.165, 1.54) is 6.07 Å². The maximum Gasteiger partial charge on any atom is 0.416 e. The van der Waals surface area contributed by atoms with E-state index in [0.717, 1.165) is 29.5 Å². The molecule has 0 saturated carbocycles. The summed E-state index contributed by atoms with van der Waals surface area (Å²) in [5, 5.41) is 2.70. The number of hydrogen-bond donors (Lipinski definition) is 1. The van der Waals surface area contributed by atoms with Crippen LogP contribution in [0.1, 0.15) is 50.4 Å². The molecule has 0 bridgehead atoms. The zero-order valence-electron chi connectivity index (χ0n) is 18.1. The predicted molar refractivity (Wildman–Crippen MR) is 115 cm³/mol. The van der Waals surface area contributed by atoms with Gasteiger partial charge in [-0.1, -0.05) is 51.1 Å². The monoisotopic (exact) mass is 456 g/mol. The van der Waals surface area contributed by atoms with Crippen LogP contribution in [0.5, 0.6) is 0 Å². The molecule has 0 aliphatic heterocycles. The Hall–Kier alpha value is -2.55. The smallest absolute Gasteiger partial charge is 0.348 e. The fourth-order valence-electron chi connectivity index (χ4n) is 3.01. The van der Waals surface area contributed by atoms with Gasteiger partial charge < -0.3 is 5.32 Å². The highest BCUT2D eigenvalue weighted by Crippen LogP contribution is 2.32. The third-order valence-corrected chi connectivity index (χ3v) is 5.94. The van der Waals surface area contributed by atoms with Crippen molar-refractivity contribution in [3.63, 3.8) is 0 Å². The molecule has 1 atom stereocenters. The second-order valence-corrected chi connectivity index (χ2v) is 10.4. The van der Waals surface area contributed by atoms with Crippen molar-refractivity contribution in [1.29, 1.82) is 0 Å². The van der Waals surface area contributed by atoms with E-state index in [2.05, 4.69) is 26.1 Å². The van der Waals surface area contributed by atoms with Crippen LogP contribution < -0.4 is 9.62 Å². The molecule has 2 aromatic rings. The molecule has 0 spiro atoms. The van der Waals surface area contributed by atoms with E-state index in [1.807, 2.05) is 24.3 Å². The van der Waals surface area contributed by atoms with Crippen molar-refractivity contribution in [2.24, 2.45) is 0 Å². The highest BCUT2D eigenvalue weighted by molar-refractivity contribution is 7.92. The van der Waals surface area contributed by atoms with E-state index >= 15 is 0 Å². The van der Waals surface area contributed by atoms with Crippen LogP contribution in [0.25, 0.3) is 0 Å². The summed E-state index contributed by atoms with van der Waals surface area (Å²) in [5.74, 6) is -0.629. The molecular weight excluding hydrogens is 429 g/mol. The molecule has 0 radical (unpaired) electrons.